The molecule has 5 N–H and O–H groups in total. The van der Waals surface area contributed by atoms with Gasteiger partial charge >= 0.3 is 11.5 Å². The van der Waals surface area contributed by atoms with Crippen LogP contribution in [0.2, 0.25) is 10.0 Å². The average molecular weight is 866 g/mol. The number of nitrogens with one attached hydrogen (secondary N) is 3. The molecular formula is C36H32Cl4F4N4O8. The molecule has 300 valence electrons. The number of hydrogen-bond donors (Lipinski definition) is 4. The predicted molar refractivity (Wildman–Crippen MR) is 202 cm³/mol. The molecule has 2 unspecified atom stereocenters. The van der Waals surface area contributed by atoms with Crippen LogP contribution >= 0.6 is 47.2 Å². The lowest BCUT2D eigenvalue weighted by Gasteiger charge is -2.27. The molecule has 3 amide bonds. The first-order chi connectivity index (χ1) is 26.1. The van der Waals surface area contributed by atoms with E-state index in [-0.39, 0.29) is 69.1 Å². The molecule has 4 aromatic carbocycles. The number of methoxy groups -OCH3 is 2. The molecule has 2 heterocycles. The molecule has 4 aromatic rings. The van der Waals surface area contributed by atoms with Gasteiger partial charge < -0.3 is 40.6 Å². The number of amides is 3. The third kappa shape index (κ3) is 11.5. The van der Waals surface area contributed by atoms with Crippen LogP contribution in [0.3, 0.4) is 0 Å². The number of carbonyl (C=O) groups is 4. The van der Waals surface area contributed by atoms with Gasteiger partial charge in [0.15, 0.2) is 0 Å². The van der Waals surface area contributed by atoms with Crippen LogP contribution < -0.4 is 31.2 Å². The summed E-state index contributed by atoms with van der Waals surface area (Å²) in [6.45, 7) is 0.480. The number of alkyl carbamates (subject to hydrolysis) is 1. The summed E-state index contributed by atoms with van der Waals surface area (Å²) in [5, 5.41) is 7.24. The summed E-state index contributed by atoms with van der Waals surface area (Å²) < 4.78 is 74.3. The van der Waals surface area contributed by atoms with Crippen molar-refractivity contribution in [3.63, 3.8) is 0 Å². The van der Waals surface area contributed by atoms with E-state index in [0.29, 0.717) is 30.6 Å². The van der Waals surface area contributed by atoms with Gasteiger partial charge in [-0.25, -0.2) is 27.2 Å². The van der Waals surface area contributed by atoms with Crippen molar-refractivity contribution < 1.29 is 55.7 Å². The van der Waals surface area contributed by atoms with Crippen molar-refractivity contribution in [2.24, 2.45) is 5.73 Å². The van der Waals surface area contributed by atoms with Gasteiger partial charge in [-0.3, -0.25) is 9.59 Å². The average Bonchev–Trinajstić information content (AvgIpc) is 3.15. The lowest BCUT2D eigenvalue weighted by atomic mass is 9.97. The lowest BCUT2D eigenvalue weighted by Crippen LogP contribution is -2.33. The first-order valence-corrected chi connectivity index (χ1v) is 17.0. The molecule has 20 heteroatoms. The largest absolute Gasteiger partial charge is 0.492 e. The standard InChI is InChI=1S/C18H15ClF2N2O4.C16H13ClF2N2O2.C2H3ClO2.ClH/c1-26-18(25)23-14-6-7-27-16-10(14)3-5-13(21)15(16)17(24)22-9-2-4-12(20)11(19)8-9;17-10-7-8(1-3-11(10)18)21-16(22)14-12(19)4-2-9-13(20)5-6-23-15(9)14;1-5-2(3)4;/h2-5,8,14H,6-7H2,1H3,(H,22,24)(H,23,25);1-4,7,13H,5-6,20H2,(H,21,22);1H3;1H. The number of carbonyl (C=O) groups excluding carboxylic acids is 4. The minimum atomic E-state index is -0.793. The Hall–Kier alpha value is -5.00. The van der Waals surface area contributed by atoms with Crippen LogP contribution in [0.15, 0.2) is 60.7 Å². The Bertz CT molecular complexity index is 2100. The van der Waals surface area contributed by atoms with E-state index in [1.54, 1.807) is 0 Å². The molecule has 2 aliphatic heterocycles. The fraction of sp³-hybridized carbons (Fsp3) is 0.222. The van der Waals surface area contributed by atoms with Crippen LogP contribution in [0.5, 0.6) is 11.5 Å². The fourth-order valence-electron chi connectivity index (χ4n) is 5.21. The Morgan fingerprint density at radius 2 is 1.12 bits per heavy atom. The highest BCUT2D eigenvalue weighted by molar-refractivity contribution is 6.61. The van der Waals surface area contributed by atoms with Crippen molar-refractivity contribution >= 4 is 81.9 Å². The van der Waals surface area contributed by atoms with Crippen molar-refractivity contribution in [1.82, 2.24) is 5.32 Å². The van der Waals surface area contributed by atoms with E-state index in [4.69, 9.17) is 38.4 Å². The van der Waals surface area contributed by atoms with Crippen LogP contribution in [0.4, 0.5) is 38.5 Å². The number of ether oxygens (including phenoxy) is 4. The molecular weight excluding hydrogens is 834 g/mol. The topological polar surface area (TPSA) is 167 Å². The summed E-state index contributed by atoms with van der Waals surface area (Å²) in [5.74, 6) is -4.08. The second kappa shape index (κ2) is 20.8. The number of halogens is 8. The van der Waals surface area contributed by atoms with Gasteiger partial charge in [0.1, 0.15) is 45.9 Å². The lowest BCUT2D eigenvalue weighted by molar-refractivity contribution is 0.100. The molecule has 0 aliphatic carbocycles. The minimum absolute atomic E-state index is 0. The number of fused-ring (bicyclic) bond motifs is 2. The first kappa shape index (κ1) is 45.4. The third-order valence-corrected chi connectivity index (χ3v) is 8.56. The second-order valence-corrected chi connectivity index (χ2v) is 12.5. The predicted octanol–water partition coefficient (Wildman–Crippen LogP) is 9.12. The third-order valence-electron chi connectivity index (χ3n) is 7.82. The highest BCUT2D eigenvalue weighted by Crippen LogP contribution is 2.38. The van der Waals surface area contributed by atoms with E-state index >= 15 is 0 Å². The summed E-state index contributed by atoms with van der Waals surface area (Å²) in [5.41, 5.74) is 6.13. The fourth-order valence-corrected chi connectivity index (χ4v) is 5.57. The van der Waals surface area contributed by atoms with Gasteiger partial charge in [0.2, 0.25) is 0 Å². The maximum atomic E-state index is 14.4. The van der Waals surface area contributed by atoms with E-state index in [0.717, 1.165) is 18.2 Å². The molecule has 2 aliphatic rings. The zero-order valence-electron chi connectivity index (χ0n) is 29.2. The Morgan fingerprint density at radius 3 is 1.57 bits per heavy atom. The van der Waals surface area contributed by atoms with Crippen LogP contribution in [0.25, 0.3) is 0 Å². The second-order valence-electron chi connectivity index (χ2n) is 11.4. The summed E-state index contributed by atoms with van der Waals surface area (Å²) in [4.78, 5) is 45.9. The highest BCUT2D eigenvalue weighted by Gasteiger charge is 2.30. The number of hydrogen-bond acceptors (Lipinski definition) is 9. The molecule has 0 aromatic heterocycles. The van der Waals surface area contributed by atoms with E-state index in [9.17, 15) is 36.7 Å². The maximum absolute atomic E-state index is 14.4. The van der Waals surface area contributed by atoms with Crippen molar-refractivity contribution in [3.05, 3.63) is 116 Å². The Balaban J connectivity index is 0.000000266. The van der Waals surface area contributed by atoms with Gasteiger partial charge in [-0.1, -0.05) is 35.3 Å². The molecule has 0 radical (unpaired) electrons. The normalized spacial score (nSPS) is 14.8. The summed E-state index contributed by atoms with van der Waals surface area (Å²) in [6.07, 6.45) is 0.374. The van der Waals surface area contributed by atoms with E-state index < -0.39 is 52.6 Å². The van der Waals surface area contributed by atoms with Gasteiger partial charge in [0, 0.05) is 53.0 Å². The van der Waals surface area contributed by atoms with Crippen LogP contribution in [-0.2, 0) is 9.47 Å². The van der Waals surface area contributed by atoms with Gasteiger partial charge in [0.05, 0.1) is 43.5 Å². The summed E-state index contributed by atoms with van der Waals surface area (Å²) in [6, 6.07) is 11.7. The van der Waals surface area contributed by atoms with Gasteiger partial charge in [-0.15, -0.1) is 12.4 Å². The van der Waals surface area contributed by atoms with Gasteiger partial charge in [-0.05, 0) is 48.5 Å². The molecule has 56 heavy (non-hydrogen) atoms. The van der Waals surface area contributed by atoms with E-state index in [1.165, 1.54) is 56.7 Å². The van der Waals surface area contributed by atoms with Gasteiger partial charge in [-0.2, -0.15) is 0 Å². The quantitative estimate of drug-likeness (QED) is 0.113. The Morgan fingerprint density at radius 1 is 0.696 bits per heavy atom. The molecule has 6 rings (SSSR count). The first-order valence-electron chi connectivity index (χ1n) is 15.9. The van der Waals surface area contributed by atoms with Gasteiger partial charge in [0.25, 0.3) is 11.8 Å². The molecule has 0 fully saturated rings. The summed E-state index contributed by atoms with van der Waals surface area (Å²) >= 11 is 16.0. The smallest absolute Gasteiger partial charge is 0.407 e. The zero-order valence-corrected chi connectivity index (χ0v) is 32.2. The molecule has 0 spiro atoms. The summed E-state index contributed by atoms with van der Waals surface area (Å²) in [7, 11) is 2.45. The Labute approximate surface area is 338 Å². The number of anilines is 2. The van der Waals surface area contributed by atoms with Crippen molar-refractivity contribution in [2.45, 2.75) is 24.9 Å². The molecule has 12 nitrogen and oxygen atoms in total. The van der Waals surface area contributed by atoms with E-state index in [1.807, 2.05) is 0 Å². The number of benzene rings is 4. The minimum Gasteiger partial charge on any atom is -0.492 e. The molecule has 0 saturated carbocycles. The van der Waals surface area contributed by atoms with Crippen LogP contribution in [0, 0.1) is 23.3 Å². The SMILES string of the molecule is COC(=O)Cl.COC(=O)NC1CCOc2c1ccc(F)c2C(=O)Nc1ccc(F)c(Cl)c1.Cl.NC1CCOc2c1ccc(F)c2C(=O)Nc1ccc(F)c(Cl)c1. The molecule has 0 saturated heterocycles. The molecule has 0 bridgehead atoms. The zero-order chi connectivity index (χ0) is 40.4. The van der Waals surface area contributed by atoms with Crippen LogP contribution in [0.1, 0.15) is 56.8 Å². The Kier molecular flexibility index (Phi) is 16.8. The van der Waals surface area contributed by atoms with Crippen molar-refractivity contribution in [1.29, 1.82) is 0 Å². The monoisotopic (exact) mass is 864 g/mol. The highest BCUT2D eigenvalue weighted by atomic mass is 35.5. The van der Waals surface area contributed by atoms with E-state index in [2.05, 4.69) is 37.0 Å². The van der Waals surface area contributed by atoms with Crippen LogP contribution in [-0.4, -0.2) is 50.8 Å². The van der Waals surface area contributed by atoms with Crippen molar-refractivity contribution in [2.75, 3.05) is 38.1 Å². The molecule has 2 atom stereocenters. The maximum Gasteiger partial charge on any atom is 0.407 e. The van der Waals surface area contributed by atoms with Crippen molar-refractivity contribution in [3.8, 4) is 11.5 Å². The number of nitrogens with two attached hydrogens (primary N) is 1. The number of rotatable bonds is 5.